The molecule has 2 aromatic heterocycles. The number of ether oxygens (including phenoxy) is 1. The van der Waals surface area contributed by atoms with Gasteiger partial charge in [0.1, 0.15) is 5.75 Å². The summed E-state index contributed by atoms with van der Waals surface area (Å²) >= 11 is 1.46. The van der Waals surface area contributed by atoms with Crippen LogP contribution >= 0.6 is 11.8 Å². The van der Waals surface area contributed by atoms with E-state index < -0.39 is 0 Å². The zero-order valence-corrected chi connectivity index (χ0v) is 17.8. The summed E-state index contributed by atoms with van der Waals surface area (Å²) in [5.74, 6) is 1.16. The maximum atomic E-state index is 12.9. The van der Waals surface area contributed by atoms with Crippen LogP contribution in [0.25, 0.3) is 32.9 Å². The van der Waals surface area contributed by atoms with Crippen LogP contribution in [-0.4, -0.2) is 28.6 Å². The van der Waals surface area contributed by atoms with Gasteiger partial charge in [-0.15, -0.1) is 0 Å². The number of benzene rings is 3. The lowest BCUT2D eigenvalue weighted by molar-refractivity contribution is 0.102. The Morgan fingerprint density at radius 2 is 1.77 bits per heavy atom. The Kier molecular flexibility index (Phi) is 5.18. The zero-order chi connectivity index (χ0) is 21.2. The highest BCUT2D eigenvalue weighted by Crippen LogP contribution is 2.33. The van der Waals surface area contributed by atoms with E-state index in [0.29, 0.717) is 11.3 Å². The number of methoxy groups -OCH3 is 1. The summed E-state index contributed by atoms with van der Waals surface area (Å²) in [6, 6.07) is 26.1. The number of H-pyrrole nitrogens is 1. The lowest BCUT2D eigenvalue weighted by atomic mass is 10.0. The van der Waals surface area contributed by atoms with Gasteiger partial charge in [-0.2, -0.15) is 0 Å². The van der Waals surface area contributed by atoms with Gasteiger partial charge in [-0.3, -0.25) is 4.79 Å². The molecule has 152 valence electrons. The fraction of sp³-hybridized carbons (Fsp3) is 0.0769. The molecular formula is C26H20N2O2S. The van der Waals surface area contributed by atoms with Crippen LogP contribution in [0.2, 0.25) is 0 Å². The van der Waals surface area contributed by atoms with Gasteiger partial charge in [0.2, 0.25) is 0 Å². The Labute approximate surface area is 184 Å². The van der Waals surface area contributed by atoms with E-state index >= 15 is 0 Å². The van der Waals surface area contributed by atoms with Crippen molar-refractivity contribution >= 4 is 39.4 Å². The van der Waals surface area contributed by atoms with Crippen molar-refractivity contribution in [3.63, 3.8) is 0 Å². The van der Waals surface area contributed by atoms with Gasteiger partial charge in [0.25, 0.3) is 0 Å². The highest BCUT2D eigenvalue weighted by molar-refractivity contribution is 7.99. The van der Waals surface area contributed by atoms with Gasteiger partial charge < -0.3 is 9.72 Å². The van der Waals surface area contributed by atoms with Gasteiger partial charge in [-0.05, 0) is 35.4 Å². The van der Waals surface area contributed by atoms with E-state index in [0.717, 1.165) is 43.7 Å². The molecule has 0 unspecified atom stereocenters. The largest absolute Gasteiger partial charge is 0.497 e. The van der Waals surface area contributed by atoms with Crippen molar-refractivity contribution < 1.29 is 9.53 Å². The van der Waals surface area contributed by atoms with Gasteiger partial charge in [0.05, 0.1) is 23.4 Å². The summed E-state index contributed by atoms with van der Waals surface area (Å²) in [6.07, 6.45) is 1.79. The van der Waals surface area contributed by atoms with Crippen LogP contribution < -0.4 is 4.74 Å². The third-order valence-electron chi connectivity index (χ3n) is 5.32. The number of aromatic nitrogens is 2. The lowest BCUT2D eigenvalue weighted by Gasteiger charge is -2.11. The molecular weight excluding hydrogens is 404 g/mol. The fourth-order valence-corrected chi connectivity index (χ4v) is 4.56. The number of fused-ring (bicyclic) bond motifs is 2. The molecule has 0 radical (unpaired) electrons. The maximum absolute atomic E-state index is 12.9. The van der Waals surface area contributed by atoms with Crippen LogP contribution in [0.5, 0.6) is 5.75 Å². The first-order chi connectivity index (χ1) is 15.2. The number of rotatable bonds is 6. The molecule has 2 heterocycles. The molecule has 0 atom stereocenters. The minimum Gasteiger partial charge on any atom is -0.497 e. The molecule has 0 bridgehead atoms. The van der Waals surface area contributed by atoms with Crippen molar-refractivity contribution in [2.45, 2.75) is 5.03 Å². The number of thioether (sulfide) groups is 1. The first kappa shape index (κ1) is 19.4. The number of nitrogens with one attached hydrogen (secondary N) is 1. The summed E-state index contributed by atoms with van der Waals surface area (Å²) in [6.45, 7) is 0. The maximum Gasteiger partial charge on any atom is 0.175 e. The van der Waals surface area contributed by atoms with Crippen molar-refractivity contribution in [3.05, 3.63) is 90.6 Å². The van der Waals surface area contributed by atoms with E-state index in [1.54, 1.807) is 13.3 Å². The fourth-order valence-electron chi connectivity index (χ4n) is 3.76. The molecule has 1 N–H and O–H groups in total. The molecule has 5 heteroatoms. The highest BCUT2D eigenvalue weighted by atomic mass is 32.2. The predicted octanol–water partition coefficient (Wildman–Crippen LogP) is 6.37. The van der Waals surface area contributed by atoms with E-state index in [1.165, 1.54) is 11.8 Å². The van der Waals surface area contributed by atoms with Crippen LogP contribution in [0, 0.1) is 0 Å². The predicted molar refractivity (Wildman–Crippen MR) is 127 cm³/mol. The van der Waals surface area contributed by atoms with Gasteiger partial charge >= 0.3 is 0 Å². The summed E-state index contributed by atoms with van der Waals surface area (Å²) < 4.78 is 5.39. The van der Waals surface area contributed by atoms with E-state index in [9.17, 15) is 4.79 Å². The highest BCUT2D eigenvalue weighted by Gasteiger charge is 2.14. The Balaban J connectivity index is 1.50. The van der Waals surface area contributed by atoms with Gasteiger partial charge in [0.15, 0.2) is 5.78 Å². The number of carbonyl (C=O) groups excluding carboxylic acids is 1. The number of aromatic amines is 1. The number of hydrogen-bond donors (Lipinski definition) is 1. The van der Waals surface area contributed by atoms with Crippen molar-refractivity contribution in [2.75, 3.05) is 12.9 Å². The average Bonchev–Trinajstić information content (AvgIpc) is 3.26. The Morgan fingerprint density at radius 3 is 2.61 bits per heavy atom. The van der Waals surface area contributed by atoms with Gasteiger partial charge in [0, 0.05) is 34.1 Å². The van der Waals surface area contributed by atoms with Crippen molar-refractivity contribution in [1.82, 2.24) is 9.97 Å². The molecule has 4 nitrogen and oxygen atoms in total. The van der Waals surface area contributed by atoms with Crippen LogP contribution in [-0.2, 0) is 0 Å². The minimum atomic E-state index is 0.0799. The molecule has 5 rings (SSSR count). The Morgan fingerprint density at radius 1 is 0.968 bits per heavy atom. The monoisotopic (exact) mass is 424 g/mol. The average molecular weight is 425 g/mol. The number of hydrogen-bond acceptors (Lipinski definition) is 4. The van der Waals surface area contributed by atoms with E-state index in [2.05, 4.69) is 23.2 Å². The van der Waals surface area contributed by atoms with Gasteiger partial charge in [-0.25, -0.2) is 4.98 Å². The van der Waals surface area contributed by atoms with Gasteiger partial charge in [-0.1, -0.05) is 60.3 Å². The number of ketones is 1. The summed E-state index contributed by atoms with van der Waals surface area (Å²) in [5.41, 5.74) is 4.75. The first-order valence-electron chi connectivity index (χ1n) is 9.99. The summed E-state index contributed by atoms with van der Waals surface area (Å²) in [4.78, 5) is 20.9. The van der Waals surface area contributed by atoms with Crippen LogP contribution in [0.15, 0.2) is 90.1 Å². The topological polar surface area (TPSA) is 55.0 Å². The number of carbonyl (C=O) groups is 1. The molecule has 0 spiro atoms. The summed E-state index contributed by atoms with van der Waals surface area (Å²) in [5, 5.41) is 2.82. The molecule has 0 aliphatic heterocycles. The lowest BCUT2D eigenvalue weighted by Crippen LogP contribution is -2.02. The standard InChI is InChI=1S/C26H20N2O2S/c1-30-18-11-12-20-21(17-7-3-2-4-8-17)14-26(28-24(20)13-18)31-16-25(29)22-15-27-23-10-6-5-9-19(22)23/h2-15,27H,16H2,1H3. The number of para-hydroxylation sites is 1. The molecule has 5 aromatic rings. The second-order valence-corrected chi connectivity index (χ2v) is 8.21. The Bertz CT molecular complexity index is 1390. The zero-order valence-electron chi connectivity index (χ0n) is 17.0. The molecule has 3 aromatic carbocycles. The normalized spacial score (nSPS) is 11.1. The first-order valence-corrected chi connectivity index (χ1v) is 11.0. The molecule has 0 saturated carbocycles. The van der Waals surface area contributed by atoms with Crippen molar-refractivity contribution in [3.8, 4) is 16.9 Å². The van der Waals surface area contributed by atoms with E-state index in [1.807, 2.05) is 60.7 Å². The second-order valence-electron chi connectivity index (χ2n) is 7.22. The molecule has 0 saturated heterocycles. The summed E-state index contributed by atoms with van der Waals surface area (Å²) in [7, 11) is 1.65. The molecule has 0 amide bonds. The van der Waals surface area contributed by atoms with Crippen molar-refractivity contribution in [1.29, 1.82) is 0 Å². The van der Waals surface area contributed by atoms with Crippen LogP contribution in [0.3, 0.4) is 0 Å². The smallest absolute Gasteiger partial charge is 0.175 e. The number of nitrogens with zero attached hydrogens (tertiary/aromatic N) is 1. The van der Waals surface area contributed by atoms with Crippen molar-refractivity contribution in [2.24, 2.45) is 0 Å². The molecule has 31 heavy (non-hydrogen) atoms. The second kappa shape index (κ2) is 8.28. The Hall–Kier alpha value is -3.57. The third kappa shape index (κ3) is 3.80. The number of Topliss-reactive ketones (excluding diaryl/α,β-unsaturated/α-hetero) is 1. The minimum absolute atomic E-state index is 0.0799. The third-order valence-corrected chi connectivity index (χ3v) is 6.23. The molecule has 0 fully saturated rings. The van der Waals surface area contributed by atoms with E-state index in [-0.39, 0.29) is 5.78 Å². The number of pyridine rings is 1. The van der Waals surface area contributed by atoms with E-state index in [4.69, 9.17) is 9.72 Å². The van der Waals surface area contributed by atoms with Crippen LogP contribution in [0.1, 0.15) is 10.4 Å². The van der Waals surface area contributed by atoms with Crippen LogP contribution in [0.4, 0.5) is 0 Å². The SMILES string of the molecule is COc1ccc2c(-c3ccccc3)cc(SCC(=O)c3c[nH]c4ccccc34)nc2c1. The molecule has 0 aliphatic rings. The quantitative estimate of drug-likeness (QED) is 0.254. The molecule has 0 aliphatic carbocycles.